The van der Waals surface area contributed by atoms with Crippen LogP contribution in [0.15, 0.2) is 48.5 Å². The van der Waals surface area contributed by atoms with E-state index < -0.39 is 5.97 Å². The molecule has 0 aliphatic rings. The molecule has 0 radical (unpaired) electrons. The molecular weight excluding hydrogens is 294 g/mol. The molecule has 0 aliphatic heterocycles. The molecule has 0 unspecified atom stereocenters. The van der Waals surface area contributed by atoms with E-state index in [4.69, 9.17) is 11.1 Å². The molecule has 6 nitrogen and oxygen atoms in total. The van der Waals surface area contributed by atoms with E-state index in [1.807, 2.05) is 6.07 Å². The van der Waals surface area contributed by atoms with E-state index in [0.29, 0.717) is 23.0 Å². The zero-order valence-corrected chi connectivity index (χ0v) is 12.2. The number of hydrogen-bond acceptors (Lipinski definition) is 3. The fourth-order valence-electron chi connectivity index (χ4n) is 2.64. The Kier molecular flexibility index (Phi) is 3.50. The number of carboxylic acids is 1. The average Bonchev–Trinajstić information content (AvgIpc) is 2.88. The lowest BCUT2D eigenvalue weighted by atomic mass is 10.1. The lowest BCUT2D eigenvalue weighted by Crippen LogP contribution is -2.13. The van der Waals surface area contributed by atoms with Crippen molar-refractivity contribution in [3.8, 4) is 5.75 Å². The minimum atomic E-state index is -1.07. The number of nitrogens with two attached hydrogens (primary N) is 1. The molecule has 23 heavy (non-hydrogen) atoms. The number of nitrogen functional groups attached to an aromatic ring is 1. The molecule has 0 saturated carbocycles. The predicted octanol–water partition coefficient (Wildman–Crippen LogP) is 2.38. The van der Waals surface area contributed by atoms with Crippen molar-refractivity contribution < 1.29 is 15.0 Å². The molecule has 3 aromatic rings. The summed E-state index contributed by atoms with van der Waals surface area (Å²) in [6, 6.07) is 13.5. The van der Waals surface area contributed by atoms with E-state index in [1.165, 1.54) is 12.1 Å². The van der Waals surface area contributed by atoms with E-state index in [0.717, 1.165) is 5.56 Å². The normalized spacial score (nSPS) is 10.8. The quantitative estimate of drug-likeness (QED) is 0.438. The number of phenols is 1. The van der Waals surface area contributed by atoms with Crippen LogP contribution in [0.25, 0.3) is 10.9 Å². The average molecular weight is 309 g/mol. The Labute approximate surface area is 131 Å². The van der Waals surface area contributed by atoms with Crippen LogP contribution in [0, 0.1) is 5.41 Å². The van der Waals surface area contributed by atoms with Crippen molar-refractivity contribution in [1.29, 1.82) is 5.41 Å². The molecule has 0 saturated heterocycles. The third-order valence-electron chi connectivity index (χ3n) is 3.72. The summed E-state index contributed by atoms with van der Waals surface area (Å²) in [6.07, 6.45) is 0. The summed E-state index contributed by atoms with van der Waals surface area (Å²) in [4.78, 5) is 11.5. The van der Waals surface area contributed by atoms with Crippen molar-refractivity contribution >= 4 is 22.7 Å². The van der Waals surface area contributed by atoms with Crippen LogP contribution in [0.3, 0.4) is 0 Å². The molecule has 1 heterocycles. The Morgan fingerprint density at radius 3 is 2.61 bits per heavy atom. The van der Waals surface area contributed by atoms with Crippen LogP contribution >= 0.6 is 0 Å². The lowest BCUT2D eigenvalue weighted by Gasteiger charge is -2.10. The number of benzene rings is 2. The van der Waals surface area contributed by atoms with Crippen LogP contribution in [0.1, 0.15) is 21.6 Å². The number of carbonyl (C=O) groups is 1. The number of fused-ring (bicyclic) bond motifs is 1. The van der Waals surface area contributed by atoms with Gasteiger partial charge in [0.15, 0.2) is 0 Å². The van der Waals surface area contributed by atoms with Gasteiger partial charge in [-0.2, -0.15) is 0 Å². The highest BCUT2D eigenvalue weighted by atomic mass is 16.4. The molecule has 5 N–H and O–H groups in total. The van der Waals surface area contributed by atoms with Gasteiger partial charge in [-0.25, -0.2) is 4.79 Å². The summed E-state index contributed by atoms with van der Waals surface area (Å²) in [5.74, 6) is -1.06. The Balaban J connectivity index is 2.14. The molecule has 0 aliphatic carbocycles. The summed E-state index contributed by atoms with van der Waals surface area (Å²) in [5.41, 5.74) is 7.62. The van der Waals surface area contributed by atoms with Gasteiger partial charge >= 0.3 is 5.97 Å². The van der Waals surface area contributed by atoms with E-state index in [9.17, 15) is 15.0 Å². The summed E-state index contributed by atoms with van der Waals surface area (Å²) >= 11 is 0. The number of phenolic OH excluding ortho intramolecular Hbond substituents is 1. The van der Waals surface area contributed by atoms with Crippen LogP contribution < -0.4 is 5.73 Å². The Bertz CT molecular complexity index is 928. The Hall–Kier alpha value is -3.28. The molecule has 1 aromatic heterocycles. The van der Waals surface area contributed by atoms with Gasteiger partial charge in [-0.05, 0) is 29.8 Å². The van der Waals surface area contributed by atoms with Crippen molar-refractivity contribution in [3.63, 3.8) is 0 Å². The highest BCUT2D eigenvalue weighted by Crippen LogP contribution is 2.28. The lowest BCUT2D eigenvalue weighted by molar-refractivity contribution is 0.0686. The second-order valence-corrected chi connectivity index (χ2v) is 5.24. The number of nitrogens with zero attached hydrogens (tertiary/aromatic N) is 1. The first-order valence-corrected chi connectivity index (χ1v) is 6.95. The highest BCUT2D eigenvalue weighted by Gasteiger charge is 2.16. The molecule has 0 amide bonds. The minimum absolute atomic E-state index is 0.0414. The maximum atomic E-state index is 11.5. The van der Waals surface area contributed by atoms with Gasteiger partial charge in [0.1, 0.15) is 17.3 Å². The van der Waals surface area contributed by atoms with Gasteiger partial charge in [-0.3, -0.25) is 5.41 Å². The van der Waals surface area contributed by atoms with Crippen molar-refractivity contribution in [2.75, 3.05) is 0 Å². The van der Waals surface area contributed by atoms with Gasteiger partial charge in [0.2, 0.25) is 0 Å². The summed E-state index contributed by atoms with van der Waals surface area (Å²) in [7, 11) is 0. The largest absolute Gasteiger partial charge is 0.507 e. The van der Waals surface area contributed by atoms with Crippen LogP contribution in [-0.2, 0) is 6.54 Å². The molecule has 0 atom stereocenters. The standard InChI is InChI=1S/C17H15N3O3/c18-16(19)11-4-1-3-10(7-11)9-20-13-5-2-6-15(21)12(13)8-14(20)17(22)23/h1-8,21H,9H2,(H3,18,19)(H,22,23). The smallest absolute Gasteiger partial charge is 0.352 e. The van der Waals surface area contributed by atoms with Gasteiger partial charge in [0.05, 0.1) is 5.52 Å². The van der Waals surface area contributed by atoms with Crippen LogP contribution in [-0.4, -0.2) is 26.6 Å². The third kappa shape index (κ3) is 2.62. The predicted molar refractivity (Wildman–Crippen MR) is 87.1 cm³/mol. The molecular formula is C17H15N3O3. The van der Waals surface area contributed by atoms with E-state index in [-0.39, 0.29) is 17.3 Å². The Morgan fingerprint density at radius 1 is 1.17 bits per heavy atom. The first kappa shape index (κ1) is 14.6. The maximum absolute atomic E-state index is 11.5. The van der Waals surface area contributed by atoms with E-state index in [1.54, 1.807) is 34.9 Å². The molecule has 0 fully saturated rings. The fourth-order valence-corrected chi connectivity index (χ4v) is 2.64. The number of aromatic carboxylic acids is 1. The molecule has 116 valence electrons. The van der Waals surface area contributed by atoms with Crippen molar-refractivity contribution in [1.82, 2.24) is 4.57 Å². The molecule has 6 heteroatoms. The molecule has 2 aromatic carbocycles. The highest BCUT2D eigenvalue weighted by molar-refractivity contribution is 5.97. The van der Waals surface area contributed by atoms with Crippen molar-refractivity contribution in [2.24, 2.45) is 5.73 Å². The van der Waals surface area contributed by atoms with E-state index in [2.05, 4.69) is 0 Å². The third-order valence-corrected chi connectivity index (χ3v) is 3.72. The van der Waals surface area contributed by atoms with Crippen LogP contribution in [0.2, 0.25) is 0 Å². The molecule has 0 bridgehead atoms. The number of nitrogens with one attached hydrogen (secondary N) is 1. The van der Waals surface area contributed by atoms with Gasteiger partial charge < -0.3 is 20.5 Å². The number of aromatic hydroxyl groups is 1. The molecule has 3 rings (SSSR count). The number of rotatable bonds is 4. The number of aromatic nitrogens is 1. The second kappa shape index (κ2) is 5.49. The van der Waals surface area contributed by atoms with Gasteiger partial charge in [0.25, 0.3) is 0 Å². The van der Waals surface area contributed by atoms with E-state index >= 15 is 0 Å². The number of amidine groups is 1. The minimum Gasteiger partial charge on any atom is -0.507 e. The first-order valence-electron chi connectivity index (χ1n) is 6.95. The first-order chi connectivity index (χ1) is 11.0. The maximum Gasteiger partial charge on any atom is 0.352 e. The number of carboxylic acid groups (broad SMARTS) is 1. The van der Waals surface area contributed by atoms with Crippen LogP contribution in [0.5, 0.6) is 5.75 Å². The number of hydrogen-bond donors (Lipinski definition) is 4. The molecule has 0 spiro atoms. The van der Waals surface area contributed by atoms with Gasteiger partial charge in [-0.1, -0.05) is 24.3 Å². The topological polar surface area (TPSA) is 112 Å². The van der Waals surface area contributed by atoms with Crippen molar-refractivity contribution in [3.05, 3.63) is 65.4 Å². The van der Waals surface area contributed by atoms with Gasteiger partial charge in [0, 0.05) is 17.5 Å². The second-order valence-electron chi connectivity index (χ2n) is 5.24. The fraction of sp³-hybridized carbons (Fsp3) is 0.0588. The zero-order valence-electron chi connectivity index (χ0n) is 12.2. The summed E-state index contributed by atoms with van der Waals surface area (Å²) in [6.45, 7) is 0.301. The van der Waals surface area contributed by atoms with Gasteiger partial charge in [-0.15, -0.1) is 0 Å². The Morgan fingerprint density at radius 2 is 1.91 bits per heavy atom. The summed E-state index contributed by atoms with van der Waals surface area (Å²) in [5, 5.41) is 27.3. The zero-order chi connectivity index (χ0) is 16.6. The monoisotopic (exact) mass is 309 g/mol. The SMILES string of the molecule is N=C(N)c1cccc(Cn2c(C(=O)O)cc3c(O)cccc32)c1. The van der Waals surface area contributed by atoms with Crippen LogP contribution in [0.4, 0.5) is 0 Å². The van der Waals surface area contributed by atoms with Crippen molar-refractivity contribution in [2.45, 2.75) is 6.54 Å². The summed E-state index contributed by atoms with van der Waals surface area (Å²) < 4.78 is 1.62.